The maximum absolute atomic E-state index is 4.23. The Balaban J connectivity index is 0.000000143. The van der Waals surface area contributed by atoms with Crippen molar-refractivity contribution in [2.24, 2.45) is 0 Å². The number of hydrogen-bond donors (Lipinski definition) is 2. The van der Waals surface area contributed by atoms with Gasteiger partial charge in [-0.1, -0.05) is 31.5 Å². The molecule has 0 fully saturated rings. The minimum absolute atomic E-state index is 1.05. The van der Waals surface area contributed by atoms with E-state index in [9.17, 15) is 0 Å². The molecule has 4 aromatic rings. The first-order valence-corrected chi connectivity index (χ1v) is 8.51. The van der Waals surface area contributed by atoms with Crippen molar-refractivity contribution in [1.29, 1.82) is 0 Å². The molecule has 0 unspecified atom stereocenters. The number of unbranched alkanes of at least 4 members (excludes halogenated alkanes) is 1. The molecule has 0 aliphatic heterocycles. The number of aryl methyl sites for hydroxylation is 3. The number of aromatic amines is 2. The molecular weight excluding hydrogens is 296 g/mol. The zero-order valence-electron chi connectivity index (χ0n) is 14.6. The van der Waals surface area contributed by atoms with Crippen LogP contribution < -0.4 is 0 Å². The first-order chi connectivity index (χ1) is 11.7. The molecule has 124 valence electrons. The number of para-hydroxylation sites is 1. The fourth-order valence-corrected chi connectivity index (χ4v) is 2.86. The average molecular weight is 320 g/mol. The van der Waals surface area contributed by atoms with Crippen LogP contribution in [0.4, 0.5) is 0 Å². The van der Waals surface area contributed by atoms with Crippen LogP contribution >= 0.6 is 0 Å². The molecule has 0 spiro atoms. The Bertz CT molecular complexity index is 933. The van der Waals surface area contributed by atoms with E-state index in [1.807, 2.05) is 12.1 Å². The Morgan fingerprint density at radius 2 is 1.58 bits per heavy atom. The summed E-state index contributed by atoms with van der Waals surface area (Å²) in [5.74, 6) is 0. The van der Waals surface area contributed by atoms with Gasteiger partial charge >= 0.3 is 0 Å². The SMILES string of the molecule is CCCCc1cccc2nc[nH]c12.Cc1ccc2nc[nH]c2c1C. The molecule has 2 heterocycles. The second-order valence-electron chi connectivity index (χ2n) is 6.12. The molecular formula is C20H24N4. The molecule has 0 radical (unpaired) electrons. The van der Waals surface area contributed by atoms with Crippen molar-refractivity contribution in [1.82, 2.24) is 19.9 Å². The van der Waals surface area contributed by atoms with E-state index in [2.05, 4.69) is 58.9 Å². The van der Waals surface area contributed by atoms with Gasteiger partial charge in [0.2, 0.25) is 0 Å². The number of H-pyrrole nitrogens is 2. The largest absolute Gasteiger partial charge is 0.344 e. The van der Waals surface area contributed by atoms with Gasteiger partial charge in [-0.15, -0.1) is 0 Å². The highest BCUT2D eigenvalue weighted by atomic mass is 14.9. The van der Waals surface area contributed by atoms with Crippen LogP contribution in [0.2, 0.25) is 0 Å². The lowest BCUT2D eigenvalue weighted by molar-refractivity contribution is 0.798. The number of hydrogen-bond acceptors (Lipinski definition) is 2. The maximum Gasteiger partial charge on any atom is 0.0931 e. The molecule has 2 N–H and O–H groups in total. The first-order valence-electron chi connectivity index (χ1n) is 8.51. The summed E-state index contributed by atoms with van der Waals surface area (Å²) in [6, 6.07) is 10.4. The van der Waals surface area contributed by atoms with E-state index in [1.54, 1.807) is 12.7 Å². The van der Waals surface area contributed by atoms with E-state index < -0.39 is 0 Å². The van der Waals surface area contributed by atoms with Crippen LogP contribution in [0.15, 0.2) is 43.0 Å². The second-order valence-corrected chi connectivity index (χ2v) is 6.12. The number of nitrogens with one attached hydrogen (secondary N) is 2. The number of imidazole rings is 2. The van der Waals surface area contributed by atoms with E-state index in [4.69, 9.17) is 0 Å². The molecule has 4 rings (SSSR count). The average Bonchev–Trinajstić information content (AvgIpc) is 3.26. The summed E-state index contributed by atoms with van der Waals surface area (Å²) in [4.78, 5) is 14.7. The van der Waals surface area contributed by atoms with E-state index in [0.29, 0.717) is 0 Å². The van der Waals surface area contributed by atoms with Gasteiger partial charge in [-0.25, -0.2) is 9.97 Å². The Labute approximate surface area is 142 Å². The summed E-state index contributed by atoms with van der Waals surface area (Å²) in [6.07, 6.45) is 7.13. The molecule has 0 saturated heterocycles. The van der Waals surface area contributed by atoms with Gasteiger partial charge in [0.25, 0.3) is 0 Å². The number of benzene rings is 2. The molecule has 0 saturated carbocycles. The third kappa shape index (κ3) is 3.32. The van der Waals surface area contributed by atoms with Crippen LogP contribution in [0.25, 0.3) is 22.1 Å². The summed E-state index contributed by atoms with van der Waals surface area (Å²) < 4.78 is 0. The summed E-state index contributed by atoms with van der Waals surface area (Å²) in [5, 5.41) is 0. The van der Waals surface area contributed by atoms with Gasteiger partial charge < -0.3 is 9.97 Å². The fourth-order valence-electron chi connectivity index (χ4n) is 2.86. The van der Waals surface area contributed by atoms with Crippen LogP contribution in [-0.2, 0) is 6.42 Å². The highest BCUT2D eigenvalue weighted by Gasteiger charge is 2.01. The van der Waals surface area contributed by atoms with Crippen molar-refractivity contribution in [3.8, 4) is 0 Å². The lowest BCUT2D eigenvalue weighted by atomic mass is 10.1. The Kier molecular flexibility index (Phi) is 4.94. The predicted molar refractivity (Wildman–Crippen MR) is 100 cm³/mol. The van der Waals surface area contributed by atoms with Gasteiger partial charge in [0.1, 0.15) is 0 Å². The standard InChI is InChI=1S/C11H14N2.C9H10N2/c1-2-3-5-9-6-4-7-10-11(9)13-8-12-10;1-6-3-4-8-9(7(6)2)11-5-10-8/h4,6-8H,2-3,5H2,1H3,(H,12,13);3-5H,1-2H3,(H,10,11). The molecule has 24 heavy (non-hydrogen) atoms. The lowest BCUT2D eigenvalue weighted by Gasteiger charge is -2.00. The van der Waals surface area contributed by atoms with Gasteiger partial charge in [0.05, 0.1) is 34.7 Å². The van der Waals surface area contributed by atoms with Crippen LogP contribution in [0, 0.1) is 13.8 Å². The predicted octanol–water partition coefficient (Wildman–Crippen LogP) is 5.09. The second kappa shape index (κ2) is 7.30. The van der Waals surface area contributed by atoms with E-state index in [1.165, 1.54) is 35.0 Å². The first kappa shape index (κ1) is 16.2. The monoisotopic (exact) mass is 320 g/mol. The molecule has 2 aromatic heterocycles. The van der Waals surface area contributed by atoms with Gasteiger partial charge in [0, 0.05) is 0 Å². The third-order valence-electron chi connectivity index (χ3n) is 4.47. The summed E-state index contributed by atoms with van der Waals surface area (Å²) >= 11 is 0. The molecule has 0 aliphatic carbocycles. The van der Waals surface area contributed by atoms with Crippen LogP contribution in [0.3, 0.4) is 0 Å². The summed E-state index contributed by atoms with van der Waals surface area (Å²) in [6.45, 7) is 6.43. The summed E-state index contributed by atoms with van der Waals surface area (Å²) in [7, 11) is 0. The van der Waals surface area contributed by atoms with E-state index in [0.717, 1.165) is 23.0 Å². The van der Waals surface area contributed by atoms with Crippen molar-refractivity contribution in [3.05, 3.63) is 59.7 Å². The van der Waals surface area contributed by atoms with Crippen molar-refractivity contribution in [3.63, 3.8) is 0 Å². The molecule has 4 nitrogen and oxygen atoms in total. The maximum atomic E-state index is 4.23. The van der Waals surface area contributed by atoms with Gasteiger partial charge in [-0.3, -0.25) is 0 Å². The van der Waals surface area contributed by atoms with Crippen molar-refractivity contribution >= 4 is 22.1 Å². The van der Waals surface area contributed by atoms with Crippen molar-refractivity contribution in [2.45, 2.75) is 40.0 Å². The number of rotatable bonds is 3. The van der Waals surface area contributed by atoms with Crippen molar-refractivity contribution in [2.75, 3.05) is 0 Å². The lowest BCUT2D eigenvalue weighted by Crippen LogP contribution is -1.86. The zero-order chi connectivity index (χ0) is 16.9. The highest BCUT2D eigenvalue weighted by molar-refractivity contribution is 5.79. The van der Waals surface area contributed by atoms with Crippen LogP contribution in [0.5, 0.6) is 0 Å². The minimum Gasteiger partial charge on any atom is -0.344 e. The Hall–Kier alpha value is -2.62. The van der Waals surface area contributed by atoms with Crippen LogP contribution in [-0.4, -0.2) is 19.9 Å². The quantitative estimate of drug-likeness (QED) is 0.552. The zero-order valence-corrected chi connectivity index (χ0v) is 14.6. The normalized spacial score (nSPS) is 10.8. The molecule has 4 heteroatoms. The van der Waals surface area contributed by atoms with E-state index >= 15 is 0 Å². The van der Waals surface area contributed by atoms with Crippen molar-refractivity contribution < 1.29 is 0 Å². The smallest absolute Gasteiger partial charge is 0.0931 e. The molecule has 0 bridgehead atoms. The number of nitrogens with zero attached hydrogens (tertiary/aromatic N) is 2. The molecule has 0 atom stereocenters. The molecule has 0 amide bonds. The van der Waals surface area contributed by atoms with Gasteiger partial charge in [-0.2, -0.15) is 0 Å². The van der Waals surface area contributed by atoms with Gasteiger partial charge in [0.15, 0.2) is 0 Å². The van der Waals surface area contributed by atoms with Gasteiger partial charge in [-0.05, 0) is 55.5 Å². The highest BCUT2D eigenvalue weighted by Crippen LogP contribution is 2.17. The Morgan fingerprint density at radius 3 is 2.33 bits per heavy atom. The molecule has 0 aliphatic rings. The topological polar surface area (TPSA) is 57.4 Å². The molecule has 2 aromatic carbocycles. The number of fused-ring (bicyclic) bond motifs is 2. The summed E-state index contributed by atoms with van der Waals surface area (Å²) in [5.41, 5.74) is 8.47. The minimum atomic E-state index is 1.05. The number of aromatic nitrogens is 4. The fraction of sp³-hybridized carbons (Fsp3) is 0.300. The van der Waals surface area contributed by atoms with Crippen LogP contribution in [0.1, 0.15) is 36.5 Å². The van der Waals surface area contributed by atoms with E-state index in [-0.39, 0.29) is 0 Å². The third-order valence-corrected chi connectivity index (χ3v) is 4.47. The Morgan fingerprint density at radius 1 is 0.875 bits per heavy atom.